The summed E-state index contributed by atoms with van der Waals surface area (Å²) in [5.41, 5.74) is 0. The van der Waals surface area contributed by atoms with E-state index in [1.807, 2.05) is 13.8 Å². The molecule has 0 amide bonds. The van der Waals surface area contributed by atoms with E-state index in [0.717, 1.165) is 19.3 Å². The van der Waals surface area contributed by atoms with Crippen molar-refractivity contribution in [2.24, 2.45) is 5.92 Å². The first-order valence-corrected chi connectivity index (χ1v) is 7.10. The minimum Gasteiger partial charge on any atom is -0.391 e. The summed E-state index contributed by atoms with van der Waals surface area (Å²) < 4.78 is 23.4. The third-order valence-electron chi connectivity index (χ3n) is 3.24. The molecule has 0 radical (unpaired) electrons. The van der Waals surface area contributed by atoms with Crippen molar-refractivity contribution in [2.75, 3.05) is 5.75 Å². The third kappa shape index (κ3) is 2.48. The lowest BCUT2D eigenvalue weighted by molar-refractivity contribution is 0.104. The SMILES string of the molecule is CCC(C)C(O)C1CCCCS1(=O)=O. The molecule has 0 aromatic heterocycles. The van der Waals surface area contributed by atoms with Crippen LogP contribution in [0.3, 0.4) is 0 Å². The molecule has 3 nitrogen and oxygen atoms in total. The van der Waals surface area contributed by atoms with Crippen molar-refractivity contribution < 1.29 is 13.5 Å². The molecule has 14 heavy (non-hydrogen) atoms. The summed E-state index contributed by atoms with van der Waals surface area (Å²) in [6, 6.07) is 0. The maximum atomic E-state index is 11.7. The zero-order valence-corrected chi connectivity index (χ0v) is 9.76. The Balaban J connectivity index is 2.74. The van der Waals surface area contributed by atoms with Gasteiger partial charge in [-0.25, -0.2) is 8.42 Å². The predicted octanol–water partition coefficient (Wildman–Crippen LogP) is 1.36. The Labute approximate surface area is 86.4 Å². The molecule has 0 saturated carbocycles. The molecule has 0 aliphatic carbocycles. The molecule has 1 N–H and O–H groups in total. The van der Waals surface area contributed by atoms with Gasteiger partial charge in [-0.05, 0) is 18.8 Å². The second-order valence-electron chi connectivity index (χ2n) is 4.28. The number of hydrogen-bond donors (Lipinski definition) is 1. The molecule has 3 unspecified atom stereocenters. The van der Waals surface area contributed by atoms with Crippen LogP contribution in [-0.4, -0.2) is 30.6 Å². The largest absolute Gasteiger partial charge is 0.391 e. The van der Waals surface area contributed by atoms with Gasteiger partial charge in [-0.15, -0.1) is 0 Å². The normalized spacial score (nSPS) is 30.9. The monoisotopic (exact) mass is 220 g/mol. The van der Waals surface area contributed by atoms with Crippen molar-refractivity contribution in [2.45, 2.75) is 50.9 Å². The van der Waals surface area contributed by atoms with Crippen molar-refractivity contribution in [3.05, 3.63) is 0 Å². The van der Waals surface area contributed by atoms with Crippen LogP contribution in [0.2, 0.25) is 0 Å². The van der Waals surface area contributed by atoms with E-state index in [4.69, 9.17) is 0 Å². The van der Waals surface area contributed by atoms with Crippen LogP contribution >= 0.6 is 0 Å². The molecular formula is C10H20O3S. The van der Waals surface area contributed by atoms with E-state index < -0.39 is 21.2 Å². The van der Waals surface area contributed by atoms with Crippen LogP contribution in [0.25, 0.3) is 0 Å². The van der Waals surface area contributed by atoms with Gasteiger partial charge < -0.3 is 5.11 Å². The summed E-state index contributed by atoms with van der Waals surface area (Å²) in [7, 11) is -3.03. The lowest BCUT2D eigenvalue weighted by Crippen LogP contribution is -2.41. The Kier molecular flexibility index (Phi) is 3.95. The van der Waals surface area contributed by atoms with Crippen LogP contribution in [-0.2, 0) is 9.84 Å². The molecule has 0 spiro atoms. The minimum atomic E-state index is -3.03. The Hall–Kier alpha value is -0.0900. The summed E-state index contributed by atoms with van der Waals surface area (Å²) in [6.07, 6.45) is 2.47. The summed E-state index contributed by atoms with van der Waals surface area (Å²) >= 11 is 0. The minimum absolute atomic E-state index is 0.0767. The highest BCUT2D eigenvalue weighted by Crippen LogP contribution is 2.26. The number of aliphatic hydroxyl groups is 1. The van der Waals surface area contributed by atoms with Crippen LogP contribution in [0.4, 0.5) is 0 Å². The van der Waals surface area contributed by atoms with Gasteiger partial charge in [-0.3, -0.25) is 0 Å². The highest BCUT2D eigenvalue weighted by Gasteiger charge is 2.36. The molecule has 1 fully saturated rings. The number of aliphatic hydroxyl groups excluding tert-OH is 1. The lowest BCUT2D eigenvalue weighted by Gasteiger charge is -2.29. The van der Waals surface area contributed by atoms with Gasteiger partial charge in [-0.1, -0.05) is 26.7 Å². The van der Waals surface area contributed by atoms with Gasteiger partial charge in [0.25, 0.3) is 0 Å². The maximum absolute atomic E-state index is 11.7. The average Bonchev–Trinajstić information content (AvgIpc) is 2.15. The summed E-state index contributed by atoms with van der Waals surface area (Å²) in [5.74, 6) is 0.332. The van der Waals surface area contributed by atoms with E-state index in [-0.39, 0.29) is 11.7 Å². The lowest BCUT2D eigenvalue weighted by atomic mass is 9.96. The predicted molar refractivity (Wildman–Crippen MR) is 56.9 cm³/mol. The van der Waals surface area contributed by atoms with Crippen molar-refractivity contribution in [3.63, 3.8) is 0 Å². The van der Waals surface area contributed by atoms with Gasteiger partial charge in [0.2, 0.25) is 0 Å². The zero-order chi connectivity index (χ0) is 10.8. The molecule has 3 atom stereocenters. The standard InChI is InChI=1S/C10H20O3S/c1-3-8(2)10(11)9-6-4-5-7-14(9,12)13/h8-11H,3-7H2,1-2H3. The second kappa shape index (κ2) is 4.62. The fourth-order valence-corrected chi connectivity index (χ4v) is 4.10. The highest BCUT2D eigenvalue weighted by atomic mass is 32.2. The third-order valence-corrected chi connectivity index (χ3v) is 5.53. The summed E-state index contributed by atoms with van der Waals surface area (Å²) in [6.45, 7) is 3.89. The molecule has 1 aliphatic heterocycles. The molecular weight excluding hydrogens is 200 g/mol. The van der Waals surface area contributed by atoms with Crippen LogP contribution in [0, 0.1) is 5.92 Å². The van der Waals surface area contributed by atoms with Crippen molar-refractivity contribution in [1.82, 2.24) is 0 Å². The Bertz CT molecular complexity index is 271. The first-order chi connectivity index (χ1) is 6.49. The van der Waals surface area contributed by atoms with E-state index in [1.165, 1.54) is 0 Å². The van der Waals surface area contributed by atoms with Gasteiger partial charge in [0, 0.05) is 0 Å². The van der Waals surface area contributed by atoms with Gasteiger partial charge in [0.1, 0.15) is 0 Å². The number of hydrogen-bond acceptors (Lipinski definition) is 3. The molecule has 1 heterocycles. The fourth-order valence-electron chi connectivity index (χ4n) is 1.97. The van der Waals surface area contributed by atoms with E-state index >= 15 is 0 Å². The van der Waals surface area contributed by atoms with Gasteiger partial charge in [-0.2, -0.15) is 0 Å². The Morgan fingerprint density at radius 2 is 2.07 bits per heavy atom. The summed E-state index contributed by atoms with van der Waals surface area (Å²) in [5, 5.41) is 9.39. The smallest absolute Gasteiger partial charge is 0.155 e. The first kappa shape index (κ1) is 12.0. The maximum Gasteiger partial charge on any atom is 0.155 e. The van der Waals surface area contributed by atoms with Crippen molar-refractivity contribution >= 4 is 9.84 Å². The first-order valence-electron chi connectivity index (χ1n) is 5.38. The van der Waals surface area contributed by atoms with Gasteiger partial charge in [0.05, 0.1) is 17.1 Å². The highest BCUT2D eigenvalue weighted by molar-refractivity contribution is 7.92. The van der Waals surface area contributed by atoms with Gasteiger partial charge >= 0.3 is 0 Å². The molecule has 84 valence electrons. The molecule has 0 aromatic rings. The number of sulfone groups is 1. The molecule has 4 heteroatoms. The van der Waals surface area contributed by atoms with E-state index in [9.17, 15) is 13.5 Å². The van der Waals surface area contributed by atoms with Crippen LogP contribution in [0.5, 0.6) is 0 Å². The second-order valence-corrected chi connectivity index (χ2v) is 6.62. The quantitative estimate of drug-likeness (QED) is 0.781. The van der Waals surface area contributed by atoms with Crippen molar-refractivity contribution in [3.8, 4) is 0 Å². The van der Waals surface area contributed by atoms with Crippen molar-refractivity contribution in [1.29, 1.82) is 0 Å². The van der Waals surface area contributed by atoms with E-state index in [1.54, 1.807) is 0 Å². The number of rotatable bonds is 3. The Morgan fingerprint density at radius 1 is 1.43 bits per heavy atom. The molecule has 0 bridgehead atoms. The van der Waals surface area contributed by atoms with Gasteiger partial charge in [0.15, 0.2) is 9.84 Å². The van der Waals surface area contributed by atoms with E-state index in [0.29, 0.717) is 6.42 Å². The molecule has 1 rings (SSSR count). The zero-order valence-electron chi connectivity index (χ0n) is 8.94. The van der Waals surface area contributed by atoms with Crippen LogP contribution in [0.1, 0.15) is 39.5 Å². The van der Waals surface area contributed by atoms with Crippen LogP contribution in [0.15, 0.2) is 0 Å². The van der Waals surface area contributed by atoms with Crippen LogP contribution < -0.4 is 0 Å². The summed E-state index contributed by atoms with van der Waals surface area (Å²) in [4.78, 5) is 0. The Morgan fingerprint density at radius 3 is 2.57 bits per heavy atom. The molecule has 1 saturated heterocycles. The fraction of sp³-hybridized carbons (Fsp3) is 1.00. The topological polar surface area (TPSA) is 54.4 Å². The van der Waals surface area contributed by atoms with E-state index in [2.05, 4.69) is 0 Å². The molecule has 1 aliphatic rings. The average molecular weight is 220 g/mol. The molecule has 0 aromatic carbocycles.